The average Bonchev–Trinajstić information content (AvgIpc) is 2.88. The van der Waals surface area contributed by atoms with E-state index < -0.39 is 14.0 Å². The fraction of sp³-hybridized carbons (Fsp3) is 0.875. The first kappa shape index (κ1) is 11.7. The van der Waals surface area contributed by atoms with E-state index in [0.717, 1.165) is 12.8 Å². The van der Waals surface area contributed by atoms with Crippen LogP contribution in [-0.2, 0) is 18.8 Å². The molecule has 2 atom stereocenters. The molecule has 14 heavy (non-hydrogen) atoms. The summed E-state index contributed by atoms with van der Waals surface area (Å²) in [4.78, 5) is 11.3. The number of nitrogens with one attached hydrogen (secondary N) is 1. The molecule has 0 heterocycles. The maximum Gasteiger partial charge on any atom is 0.323 e. The molecule has 1 fully saturated rings. The number of hydrogen-bond donors (Lipinski definition) is 1. The molecule has 1 saturated carbocycles. The first-order valence-electron chi connectivity index (χ1n) is 4.62. The second-order valence-electron chi connectivity index (χ2n) is 3.36. The maximum atomic E-state index is 11.3. The molecular weight excluding hydrogens is 205 g/mol. The van der Waals surface area contributed by atoms with Crippen molar-refractivity contribution in [2.45, 2.75) is 31.9 Å². The number of ether oxygens (including phenoxy) is 2. The van der Waals surface area contributed by atoms with E-state index in [2.05, 4.69) is 5.09 Å². The topological polar surface area (TPSA) is 64.6 Å². The van der Waals surface area contributed by atoms with E-state index in [-0.39, 0.29) is 18.4 Å². The van der Waals surface area contributed by atoms with Crippen molar-refractivity contribution in [1.82, 2.24) is 5.09 Å². The lowest BCUT2D eigenvalue weighted by Crippen LogP contribution is -2.31. The predicted octanol–water partition coefficient (Wildman–Crippen LogP) is 0.749. The molecule has 0 aromatic heterocycles. The highest BCUT2D eigenvalue weighted by molar-refractivity contribution is 7.42. The van der Waals surface area contributed by atoms with Crippen LogP contribution in [-0.4, -0.2) is 31.6 Å². The molecule has 1 rings (SSSR count). The lowest BCUT2D eigenvalue weighted by Gasteiger charge is -2.12. The molecule has 6 heteroatoms. The first-order valence-corrected chi connectivity index (χ1v) is 6.24. The van der Waals surface area contributed by atoms with Gasteiger partial charge in [0, 0.05) is 7.11 Å². The normalized spacial score (nSPS) is 20.1. The number of rotatable bonds is 6. The standard InChI is InChI=1S/C8H16NO4P/c1-6(9-14(11)5-12-2)8(10)13-7-3-4-7/h6-7,14H,3-5H2,1-2H3,(H,9,11). The molecule has 2 unspecified atom stereocenters. The van der Waals surface area contributed by atoms with E-state index in [1.54, 1.807) is 6.92 Å². The molecular formula is C8H16NO4P. The SMILES string of the molecule is COC[PH](=O)NC(C)C(=O)OC1CC1. The van der Waals surface area contributed by atoms with Crippen LogP contribution < -0.4 is 5.09 Å². The summed E-state index contributed by atoms with van der Waals surface area (Å²) in [6.45, 7) is 1.64. The number of carbonyl (C=O) groups is 1. The molecule has 1 aliphatic rings. The second kappa shape index (κ2) is 5.49. The van der Waals surface area contributed by atoms with E-state index in [0.29, 0.717) is 0 Å². The van der Waals surface area contributed by atoms with Crippen LogP contribution in [0.15, 0.2) is 0 Å². The van der Waals surface area contributed by atoms with Gasteiger partial charge in [-0.3, -0.25) is 9.88 Å². The third-order valence-electron chi connectivity index (χ3n) is 1.81. The van der Waals surface area contributed by atoms with Gasteiger partial charge in [0.15, 0.2) is 7.95 Å². The Morgan fingerprint density at radius 1 is 1.64 bits per heavy atom. The van der Waals surface area contributed by atoms with Gasteiger partial charge in [-0.2, -0.15) is 0 Å². The van der Waals surface area contributed by atoms with Gasteiger partial charge >= 0.3 is 5.97 Å². The van der Waals surface area contributed by atoms with Crippen LogP contribution in [0.5, 0.6) is 0 Å². The highest BCUT2D eigenvalue weighted by Gasteiger charge is 2.28. The quantitative estimate of drug-likeness (QED) is 0.529. The third kappa shape index (κ3) is 4.22. The number of esters is 1. The van der Waals surface area contributed by atoms with Crippen LogP contribution in [0, 0.1) is 0 Å². The summed E-state index contributed by atoms with van der Waals surface area (Å²) in [7, 11) is -0.552. The highest BCUT2D eigenvalue weighted by Crippen LogP contribution is 2.24. The molecule has 0 spiro atoms. The Hall–Kier alpha value is -0.380. The number of hydrogen-bond acceptors (Lipinski definition) is 4. The van der Waals surface area contributed by atoms with Crippen molar-refractivity contribution in [2.24, 2.45) is 0 Å². The molecule has 0 amide bonds. The molecule has 1 aliphatic carbocycles. The lowest BCUT2D eigenvalue weighted by molar-refractivity contribution is -0.146. The van der Waals surface area contributed by atoms with Gasteiger partial charge in [-0.1, -0.05) is 0 Å². The minimum absolute atomic E-state index is 0.0940. The Morgan fingerprint density at radius 2 is 2.29 bits per heavy atom. The molecule has 0 aromatic rings. The summed E-state index contributed by atoms with van der Waals surface area (Å²) < 4.78 is 20.9. The number of carbonyl (C=O) groups excluding carboxylic acids is 1. The Bertz CT molecular complexity index is 229. The van der Waals surface area contributed by atoms with Crippen LogP contribution >= 0.6 is 7.95 Å². The molecule has 0 saturated heterocycles. The molecule has 82 valence electrons. The van der Waals surface area contributed by atoms with Gasteiger partial charge < -0.3 is 14.0 Å². The van der Waals surface area contributed by atoms with Crippen molar-refractivity contribution >= 4 is 13.9 Å². The maximum absolute atomic E-state index is 11.3. The van der Waals surface area contributed by atoms with Gasteiger partial charge in [-0.05, 0) is 19.8 Å². The monoisotopic (exact) mass is 221 g/mol. The fourth-order valence-electron chi connectivity index (χ4n) is 0.925. The Kier molecular flexibility index (Phi) is 4.58. The van der Waals surface area contributed by atoms with E-state index in [1.807, 2.05) is 0 Å². The van der Waals surface area contributed by atoms with Gasteiger partial charge in [0.2, 0.25) is 0 Å². The van der Waals surface area contributed by atoms with E-state index in [1.165, 1.54) is 7.11 Å². The van der Waals surface area contributed by atoms with Crippen LogP contribution in [0.25, 0.3) is 0 Å². The van der Waals surface area contributed by atoms with Gasteiger partial charge in [-0.15, -0.1) is 0 Å². The zero-order chi connectivity index (χ0) is 10.6. The van der Waals surface area contributed by atoms with E-state index in [9.17, 15) is 9.36 Å². The summed E-state index contributed by atoms with van der Waals surface area (Å²) >= 11 is 0. The molecule has 5 nitrogen and oxygen atoms in total. The third-order valence-corrected chi connectivity index (χ3v) is 3.12. The van der Waals surface area contributed by atoms with Crippen molar-refractivity contribution in [2.75, 3.05) is 13.5 Å². The molecule has 0 bridgehead atoms. The van der Waals surface area contributed by atoms with Crippen molar-refractivity contribution in [3.05, 3.63) is 0 Å². The zero-order valence-corrected chi connectivity index (χ0v) is 9.41. The summed E-state index contributed by atoms with van der Waals surface area (Å²) in [6, 6.07) is -0.517. The number of methoxy groups -OCH3 is 1. The largest absolute Gasteiger partial charge is 0.461 e. The van der Waals surface area contributed by atoms with Gasteiger partial charge in [0.05, 0.1) is 0 Å². The Morgan fingerprint density at radius 3 is 2.79 bits per heavy atom. The van der Waals surface area contributed by atoms with Crippen molar-refractivity contribution in [3.63, 3.8) is 0 Å². The summed E-state index contributed by atoms with van der Waals surface area (Å²) in [5, 5.41) is 2.66. The van der Waals surface area contributed by atoms with Crippen molar-refractivity contribution in [3.8, 4) is 0 Å². The first-order chi connectivity index (χ1) is 6.63. The zero-order valence-electron chi connectivity index (χ0n) is 8.41. The van der Waals surface area contributed by atoms with Crippen LogP contribution in [0.1, 0.15) is 19.8 Å². The lowest BCUT2D eigenvalue weighted by atomic mass is 10.4. The van der Waals surface area contributed by atoms with Gasteiger partial charge in [0.1, 0.15) is 18.5 Å². The molecule has 0 radical (unpaired) electrons. The summed E-state index contributed by atoms with van der Waals surface area (Å²) in [5.74, 6) is -0.332. The average molecular weight is 221 g/mol. The predicted molar refractivity (Wildman–Crippen MR) is 52.6 cm³/mol. The molecule has 0 aliphatic heterocycles. The van der Waals surface area contributed by atoms with E-state index >= 15 is 0 Å². The van der Waals surface area contributed by atoms with Crippen molar-refractivity contribution < 1.29 is 18.8 Å². The van der Waals surface area contributed by atoms with Crippen molar-refractivity contribution in [1.29, 1.82) is 0 Å². The van der Waals surface area contributed by atoms with Crippen LogP contribution in [0.4, 0.5) is 0 Å². The molecule has 0 aromatic carbocycles. The van der Waals surface area contributed by atoms with Gasteiger partial charge in [-0.25, -0.2) is 0 Å². The summed E-state index contributed by atoms with van der Waals surface area (Å²) in [6.07, 6.45) is 2.14. The summed E-state index contributed by atoms with van der Waals surface area (Å²) in [5.41, 5.74) is 0. The second-order valence-corrected chi connectivity index (χ2v) is 4.78. The Labute approximate surface area is 84.0 Å². The minimum atomic E-state index is -2.02. The fourth-order valence-corrected chi connectivity index (χ4v) is 1.87. The Balaban J connectivity index is 2.21. The van der Waals surface area contributed by atoms with Crippen LogP contribution in [0.3, 0.4) is 0 Å². The molecule has 1 N–H and O–H groups in total. The van der Waals surface area contributed by atoms with Crippen LogP contribution in [0.2, 0.25) is 0 Å². The van der Waals surface area contributed by atoms with Gasteiger partial charge in [0.25, 0.3) is 0 Å². The smallest absolute Gasteiger partial charge is 0.323 e. The highest BCUT2D eigenvalue weighted by atomic mass is 31.1. The minimum Gasteiger partial charge on any atom is -0.461 e. The van der Waals surface area contributed by atoms with E-state index in [4.69, 9.17) is 9.47 Å².